The van der Waals surface area contributed by atoms with Crippen molar-refractivity contribution < 1.29 is 34.8 Å². The fourth-order valence-electron chi connectivity index (χ4n) is 0.714. The first-order chi connectivity index (χ1) is 5.78. The quantitative estimate of drug-likeness (QED) is 0.414. The van der Waals surface area contributed by atoms with Gasteiger partial charge in [-0.05, 0) is 0 Å². The van der Waals surface area contributed by atoms with Crippen molar-refractivity contribution in [2.45, 2.75) is 18.4 Å². The van der Waals surface area contributed by atoms with Gasteiger partial charge in [-0.15, -0.1) is 0 Å². The van der Waals surface area contributed by atoms with Crippen LogP contribution in [-0.2, 0) is 14.4 Å². The first-order valence-corrected chi connectivity index (χ1v) is 3.17. The summed E-state index contributed by atoms with van der Waals surface area (Å²) in [5, 5.41) is 33.8. The van der Waals surface area contributed by atoms with Crippen LogP contribution in [-0.4, -0.2) is 116 Å². The normalized spacial score (nSPS) is 8.81. The van der Waals surface area contributed by atoms with Crippen molar-refractivity contribution in [1.82, 2.24) is 0 Å². The molecule has 16 heavy (non-hydrogen) atoms. The molecule has 4 N–H and O–H groups in total. The molecule has 0 saturated heterocycles. The summed E-state index contributed by atoms with van der Waals surface area (Å²) >= 11 is 0. The Morgan fingerprint density at radius 1 is 0.938 bits per heavy atom. The van der Waals surface area contributed by atoms with Crippen LogP contribution in [0.4, 0.5) is 0 Å². The summed E-state index contributed by atoms with van der Waals surface area (Å²) in [6.07, 6.45) is -2.29. The molecule has 7 nitrogen and oxygen atoms in total. The van der Waals surface area contributed by atoms with E-state index < -0.39 is 36.4 Å². The molecule has 0 aliphatic rings. The van der Waals surface area contributed by atoms with Gasteiger partial charge in [0.2, 0.25) is 0 Å². The largest absolute Gasteiger partial charge is 0.481 e. The number of hydrogen-bond acceptors (Lipinski definition) is 4. The van der Waals surface area contributed by atoms with Gasteiger partial charge in [-0.25, -0.2) is 4.79 Å². The average molecular weight is 285 g/mol. The molecule has 0 unspecified atom stereocenters. The summed E-state index contributed by atoms with van der Waals surface area (Å²) in [5.41, 5.74) is -2.74. The van der Waals surface area contributed by atoms with Gasteiger partial charge in [0.15, 0.2) is 5.60 Å². The predicted octanol–water partition coefficient (Wildman–Crippen LogP) is -2.39. The molecule has 0 aromatic rings. The van der Waals surface area contributed by atoms with Crippen LogP contribution >= 0.6 is 0 Å². The van der Waals surface area contributed by atoms with Gasteiger partial charge >= 0.3 is 17.9 Å². The van der Waals surface area contributed by atoms with E-state index in [1.165, 1.54) is 0 Å². The molecule has 0 saturated carbocycles. The van der Waals surface area contributed by atoms with Crippen molar-refractivity contribution in [1.29, 1.82) is 0 Å². The Bertz CT molecular complexity index is 243. The van der Waals surface area contributed by atoms with E-state index in [2.05, 4.69) is 0 Å². The van der Waals surface area contributed by atoms with Gasteiger partial charge in [0, 0.05) is 71.8 Å². The Kier molecular flexibility index (Phi) is 17.1. The van der Waals surface area contributed by atoms with Crippen LogP contribution in [0.5, 0.6) is 0 Å². The minimum atomic E-state index is -2.74. The summed E-state index contributed by atoms with van der Waals surface area (Å²) < 4.78 is 0. The molecule has 0 aliphatic carbocycles. The van der Waals surface area contributed by atoms with E-state index in [0.717, 1.165) is 0 Å². The second-order valence-electron chi connectivity index (χ2n) is 2.48. The second kappa shape index (κ2) is 10.7. The second-order valence-corrected chi connectivity index (χ2v) is 2.48. The number of aliphatic carboxylic acids is 3. The number of rotatable bonds is 5. The molecule has 0 aromatic heterocycles. The Hall–Kier alpha value is 0.613. The number of aliphatic hydroxyl groups is 1. The summed E-state index contributed by atoms with van der Waals surface area (Å²) in [7, 11) is 0. The molecule has 10 heteroatoms. The maximum absolute atomic E-state index is 10.3. The van der Waals surface area contributed by atoms with Crippen molar-refractivity contribution in [3.8, 4) is 0 Å². The molecular formula is C6H8CaMgO7Si. The molecule has 0 atom stereocenters. The zero-order chi connectivity index (χ0) is 10.6. The number of hydrogen-bond donors (Lipinski definition) is 4. The standard InChI is InChI=1S/C6H8O7.Ca.Mg.Si/c7-3(8)1-6(13,5(11)12)2-4(9)10;;;/h13H,1-2H2,(H,7,8)(H,9,10)(H,11,12);;;. The van der Waals surface area contributed by atoms with Crippen LogP contribution in [0.15, 0.2) is 0 Å². The van der Waals surface area contributed by atoms with Crippen molar-refractivity contribution in [3.63, 3.8) is 0 Å². The third-order valence-electron chi connectivity index (χ3n) is 1.29. The van der Waals surface area contributed by atoms with Gasteiger partial charge in [0.05, 0.1) is 12.8 Å². The molecule has 0 aliphatic heterocycles. The fourth-order valence-corrected chi connectivity index (χ4v) is 0.714. The molecule has 82 valence electrons. The number of carboxylic acids is 3. The molecule has 8 radical (unpaired) electrons. The molecule has 0 spiro atoms. The van der Waals surface area contributed by atoms with Gasteiger partial charge < -0.3 is 20.4 Å². The maximum atomic E-state index is 10.3. The Balaban J connectivity index is -0.000000240. The predicted molar refractivity (Wildman–Crippen MR) is 54.4 cm³/mol. The molecule has 0 aromatic carbocycles. The van der Waals surface area contributed by atoms with Gasteiger partial charge in [-0.2, -0.15) is 0 Å². The van der Waals surface area contributed by atoms with E-state index in [4.69, 9.17) is 20.4 Å². The first kappa shape index (κ1) is 25.5. The van der Waals surface area contributed by atoms with Gasteiger partial charge in [0.25, 0.3) is 0 Å². The smallest absolute Gasteiger partial charge is 0.336 e. The molecule has 0 fully saturated rings. The van der Waals surface area contributed by atoms with Gasteiger partial charge in [-0.1, -0.05) is 0 Å². The van der Waals surface area contributed by atoms with Crippen molar-refractivity contribution in [2.24, 2.45) is 0 Å². The molecule has 0 rings (SSSR count). The molecule has 0 amide bonds. The minimum absolute atomic E-state index is 0. The zero-order valence-corrected chi connectivity index (χ0v) is 13.0. The first-order valence-electron chi connectivity index (χ1n) is 3.17. The van der Waals surface area contributed by atoms with Gasteiger partial charge in [-0.3, -0.25) is 9.59 Å². The van der Waals surface area contributed by atoms with Crippen molar-refractivity contribution in [3.05, 3.63) is 0 Å². The van der Waals surface area contributed by atoms with Crippen molar-refractivity contribution in [2.75, 3.05) is 0 Å². The van der Waals surface area contributed by atoms with E-state index in [-0.39, 0.29) is 71.8 Å². The summed E-state index contributed by atoms with van der Waals surface area (Å²) in [4.78, 5) is 30.5. The Labute approximate surface area is 141 Å². The number of carboxylic acid groups (broad SMARTS) is 3. The summed E-state index contributed by atoms with van der Waals surface area (Å²) in [5.74, 6) is -5.02. The monoisotopic (exact) mass is 284 g/mol. The van der Waals surface area contributed by atoms with E-state index >= 15 is 0 Å². The third kappa shape index (κ3) is 9.81. The van der Waals surface area contributed by atoms with E-state index in [0.29, 0.717) is 0 Å². The van der Waals surface area contributed by atoms with Crippen molar-refractivity contribution >= 4 is 89.7 Å². The van der Waals surface area contributed by atoms with E-state index in [9.17, 15) is 14.4 Å². The maximum Gasteiger partial charge on any atom is 0.336 e. The average Bonchev–Trinajstić information content (AvgIpc) is 1.82. The minimum Gasteiger partial charge on any atom is -0.481 e. The van der Waals surface area contributed by atoms with Crippen LogP contribution in [0.2, 0.25) is 0 Å². The van der Waals surface area contributed by atoms with Gasteiger partial charge in [0.1, 0.15) is 0 Å². The topological polar surface area (TPSA) is 132 Å². The summed E-state index contributed by atoms with van der Waals surface area (Å²) in [6, 6.07) is 0. The van der Waals surface area contributed by atoms with Crippen LogP contribution in [0.3, 0.4) is 0 Å². The Morgan fingerprint density at radius 3 is 1.31 bits per heavy atom. The SMILES string of the molecule is O=C(O)CC(O)(CC(=O)O)C(=O)O.[Ca].[Mg].[Si]. The van der Waals surface area contributed by atoms with E-state index in [1.807, 2.05) is 0 Å². The molecular weight excluding hydrogens is 277 g/mol. The fraction of sp³-hybridized carbons (Fsp3) is 0.500. The zero-order valence-electron chi connectivity index (χ0n) is 8.34. The van der Waals surface area contributed by atoms with Crippen LogP contribution in [0.25, 0.3) is 0 Å². The molecule has 0 heterocycles. The number of carbonyl (C=O) groups is 3. The van der Waals surface area contributed by atoms with Crippen LogP contribution in [0, 0.1) is 0 Å². The Morgan fingerprint density at radius 2 is 1.19 bits per heavy atom. The third-order valence-corrected chi connectivity index (χ3v) is 1.29. The van der Waals surface area contributed by atoms with Crippen LogP contribution < -0.4 is 0 Å². The van der Waals surface area contributed by atoms with Crippen LogP contribution in [0.1, 0.15) is 12.8 Å². The molecule has 0 bridgehead atoms. The summed E-state index contributed by atoms with van der Waals surface area (Å²) in [6.45, 7) is 0. The van der Waals surface area contributed by atoms with E-state index in [1.54, 1.807) is 0 Å².